The fourth-order valence-corrected chi connectivity index (χ4v) is 3.59. The highest BCUT2D eigenvalue weighted by atomic mass is 35.5. The van der Waals surface area contributed by atoms with E-state index >= 15 is 0 Å². The maximum Gasteiger partial charge on any atom is 0.258 e. The molecule has 1 amide bonds. The van der Waals surface area contributed by atoms with Crippen LogP contribution < -0.4 is 14.8 Å². The maximum atomic E-state index is 13.1. The molecule has 7 heteroatoms. The van der Waals surface area contributed by atoms with E-state index in [9.17, 15) is 4.79 Å². The topological polar surface area (TPSA) is 63.7 Å². The van der Waals surface area contributed by atoms with E-state index < -0.39 is 6.17 Å². The molecule has 0 unspecified atom stereocenters. The third-order valence-corrected chi connectivity index (χ3v) is 5.10. The van der Waals surface area contributed by atoms with Crippen LogP contribution in [-0.2, 0) is 6.54 Å². The first-order chi connectivity index (χ1) is 14.1. The van der Waals surface area contributed by atoms with Gasteiger partial charge in [-0.3, -0.25) is 9.78 Å². The number of amides is 1. The lowest BCUT2D eigenvalue weighted by atomic mass is 10.2. The third kappa shape index (κ3) is 3.71. The van der Waals surface area contributed by atoms with Gasteiger partial charge in [0.05, 0.1) is 31.2 Å². The first-order valence-corrected chi connectivity index (χ1v) is 9.47. The van der Waals surface area contributed by atoms with Gasteiger partial charge in [-0.2, -0.15) is 0 Å². The highest BCUT2D eigenvalue weighted by Crippen LogP contribution is 2.37. The molecule has 0 radical (unpaired) electrons. The molecule has 6 nitrogen and oxygen atoms in total. The number of hydrogen-bond acceptors (Lipinski definition) is 5. The third-order valence-electron chi connectivity index (χ3n) is 4.87. The van der Waals surface area contributed by atoms with Crippen molar-refractivity contribution in [3.05, 3.63) is 82.6 Å². The molecule has 29 heavy (non-hydrogen) atoms. The van der Waals surface area contributed by atoms with Crippen LogP contribution >= 0.6 is 11.6 Å². The van der Waals surface area contributed by atoms with Crippen molar-refractivity contribution in [2.45, 2.75) is 12.7 Å². The van der Waals surface area contributed by atoms with Gasteiger partial charge in [-0.15, -0.1) is 0 Å². The molecular formula is C22H20ClN3O3. The summed E-state index contributed by atoms with van der Waals surface area (Å²) in [5.74, 6) is 1.32. The summed E-state index contributed by atoms with van der Waals surface area (Å²) in [6.45, 7) is 0.416. The lowest BCUT2D eigenvalue weighted by Crippen LogP contribution is -2.32. The van der Waals surface area contributed by atoms with Crippen molar-refractivity contribution in [1.29, 1.82) is 0 Å². The van der Waals surface area contributed by atoms with Crippen LogP contribution in [0.2, 0.25) is 5.02 Å². The van der Waals surface area contributed by atoms with Gasteiger partial charge in [0.25, 0.3) is 5.91 Å². The number of halogens is 1. The van der Waals surface area contributed by atoms with Gasteiger partial charge in [0.15, 0.2) is 0 Å². The van der Waals surface area contributed by atoms with Crippen molar-refractivity contribution in [3.63, 3.8) is 0 Å². The minimum atomic E-state index is -0.451. The zero-order chi connectivity index (χ0) is 20.4. The van der Waals surface area contributed by atoms with Crippen molar-refractivity contribution < 1.29 is 14.3 Å². The number of hydrogen-bond donors (Lipinski definition) is 1. The number of fused-ring (bicyclic) bond motifs is 1. The van der Waals surface area contributed by atoms with E-state index in [1.54, 1.807) is 55.6 Å². The Kier molecular flexibility index (Phi) is 5.27. The summed E-state index contributed by atoms with van der Waals surface area (Å²) >= 11 is 6.18. The van der Waals surface area contributed by atoms with Crippen LogP contribution in [0.15, 0.2) is 60.8 Å². The van der Waals surface area contributed by atoms with Crippen LogP contribution in [0.1, 0.15) is 27.8 Å². The van der Waals surface area contributed by atoms with Gasteiger partial charge in [-0.05, 0) is 48.0 Å². The van der Waals surface area contributed by atoms with Crippen LogP contribution in [0.4, 0.5) is 5.69 Å². The van der Waals surface area contributed by atoms with Crippen LogP contribution in [0, 0.1) is 0 Å². The fraction of sp³-hybridized carbons (Fsp3) is 0.182. The molecule has 1 N–H and O–H groups in total. The molecule has 0 saturated heterocycles. The molecule has 3 aromatic rings. The molecule has 0 bridgehead atoms. The number of carbonyl (C=O) groups is 1. The number of pyridine rings is 1. The van der Waals surface area contributed by atoms with Crippen LogP contribution in [-0.4, -0.2) is 30.0 Å². The summed E-state index contributed by atoms with van der Waals surface area (Å²) in [6.07, 6.45) is 1.24. The van der Waals surface area contributed by atoms with Gasteiger partial charge in [0, 0.05) is 17.8 Å². The standard InChI is InChI=1S/C22H20ClN3O3/c1-28-16-8-5-14(6-9-16)13-26-21(20-17(22(26)27)4-3-11-24-20)25-18-12-15(23)7-10-19(18)29-2/h3-12,21,25H,13H2,1-2H3/t21-/m0/s1. The molecule has 4 rings (SSSR count). The predicted octanol–water partition coefficient (Wildman–Crippen LogP) is 4.52. The monoisotopic (exact) mass is 409 g/mol. The number of aromatic nitrogens is 1. The number of ether oxygens (including phenoxy) is 2. The maximum absolute atomic E-state index is 13.1. The quantitative estimate of drug-likeness (QED) is 0.648. The summed E-state index contributed by atoms with van der Waals surface area (Å²) in [4.78, 5) is 19.3. The van der Waals surface area contributed by atoms with Crippen molar-refractivity contribution in [1.82, 2.24) is 9.88 Å². The Balaban J connectivity index is 1.69. The molecule has 1 atom stereocenters. The van der Waals surface area contributed by atoms with Crippen molar-refractivity contribution in [2.24, 2.45) is 0 Å². The largest absolute Gasteiger partial charge is 0.497 e. The summed E-state index contributed by atoms with van der Waals surface area (Å²) < 4.78 is 10.7. The number of nitrogens with one attached hydrogen (secondary N) is 1. The average Bonchev–Trinajstić information content (AvgIpc) is 3.00. The Bertz CT molecular complexity index is 1040. The first kappa shape index (κ1) is 19.1. The number of nitrogens with zero attached hydrogens (tertiary/aromatic N) is 2. The van der Waals surface area contributed by atoms with Crippen molar-refractivity contribution in [2.75, 3.05) is 19.5 Å². The number of carbonyl (C=O) groups excluding carboxylic acids is 1. The highest BCUT2D eigenvalue weighted by molar-refractivity contribution is 6.30. The first-order valence-electron chi connectivity index (χ1n) is 9.09. The normalized spacial score (nSPS) is 15.2. The summed E-state index contributed by atoms with van der Waals surface area (Å²) in [5.41, 5.74) is 2.93. The average molecular weight is 410 g/mol. The lowest BCUT2D eigenvalue weighted by Gasteiger charge is -2.27. The van der Waals surface area contributed by atoms with Crippen LogP contribution in [0.5, 0.6) is 11.5 Å². The molecule has 148 valence electrons. The Morgan fingerprint density at radius 1 is 1.10 bits per heavy atom. The molecule has 2 heterocycles. The Labute approximate surface area is 174 Å². The summed E-state index contributed by atoms with van der Waals surface area (Å²) in [5, 5.41) is 3.96. The molecule has 0 aliphatic carbocycles. The fourth-order valence-electron chi connectivity index (χ4n) is 3.41. The van der Waals surface area contributed by atoms with E-state index in [0.29, 0.717) is 34.3 Å². The van der Waals surface area contributed by atoms with E-state index in [2.05, 4.69) is 10.3 Å². The SMILES string of the molecule is COc1ccc(CN2C(=O)c3cccnc3[C@H]2Nc2cc(Cl)ccc2OC)cc1. The molecule has 1 aromatic heterocycles. The van der Waals surface area contributed by atoms with Crippen molar-refractivity contribution in [3.8, 4) is 11.5 Å². The summed E-state index contributed by atoms with van der Waals surface area (Å²) in [7, 11) is 3.22. The summed E-state index contributed by atoms with van der Waals surface area (Å²) in [6, 6.07) is 16.5. The van der Waals surface area contributed by atoms with Crippen LogP contribution in [0.25, 0.3) is 0 Å². The molecule has 1 aliphatic rings. The molecular weight excluding hydrogens is 390 g/mol. The molecule has 0 fully saturated rings. The van der Waals surface area contributed by atoms with Gasteiger partial charge in [0.2, 0.25) is 0 Å². The van der Waals surface area contributed by atoms with Gasteiger partial charge in [0.1, 0.15) is 17.7 Å². The predicted molar refractivity (Wildman–Crippen MR) is 111 cm³/mol. The number of anilines is 1. The van der Waals surface area contributed by atoms with Crippen LogP contribution in [0.3, 0.4) is 0 Å². The minimum absolute atomic E-state index is 0.0811. The number of rotatable bonds is 6. The number of methoxy groups -OCH3 is 2. The van der Waals surface area contributed by atoms with Gasteiger partial charge >= 0.3 is 0 Å². The zero-order valence-electron chi connectivity index (χ0n) is 16.1. The van der Waals surface area contributed by atoms with E-state index in [1.165, 1.54) is 0 Å². The Morgan fingerprint density at radius 3 is 2.62 bits per heavy atom. The number of benzene rings is 2. The molecule has 1 aliphatic heterocycles. The Hall–Kier alpha value is -3.25. The van der Waals surface area contributed by atoms with E-state index in [0.717, 1.165) is 11.3 Å². The lowest BCUT2D eigenvalue weighted by molar-refractivity contribution is 0.0727. The highest BCUT2D eigenvalue weighted by Gasteiger charge is 2.38. The van der Waals surface area contributed by atoms with Gasteiger partial charge < -0.3 is 19.7 Å². The zero-order valence-corrected chi connectivity index (χ0v) is 16.8. The Morgan fingerprint density at radius 2 is 1.90 bits per heavy atom. The smallest absolute Gasteiger partial charge is 0.258 e. The molecule has 0 saturated carbocycles. The van der Waals surface area contributed by atoms with Crippen molar-refractivity contribution >= 4 is 23.2 Å². The van der Waals surface area contributed by atoms with E-state index in [4.69, 9.17) is 21.1 Å². The molecule has 0 spiro atoms. The van der Waals surface area contributed by atoms with Gasteiger partial charge in [-0.25, -0.2) is 0 Å². The van der Waals surface area contributed by atoms with E-state index in [-0.39, 0.29) is 5.91 Å². The van der Waals surface area contributed by atoms with E-state index in [1.807, 2.05) is 24.3 Å². The molecule has 2 aromatic carbocycles. The second kappa shape index (κ2) is 8.01. The second-order valence-electron chi connectivity index (χ2n) is 6.61. The second-order valence-corrected chi connectivity index (χ2v) is 7.05. The van der Waals surface area contributed by atoms with Gasteiger partial charge in [-0.1, -0.05) is 23.7 Å². The minimum Gasteiger partial charge on any atom is -0.497 e.